The number of rotatable bonds is 5. The number of benzene rings is 2. The zero-order valence-corrected chi connectivity index (χ0v) is 14.7. The molecule has 3 aromatic rings. The summed E-state index contributed by atoms with van der Waals surface area (Å²) in [6, 6.07) is 13.6. The van der Waals surface area contributed by atoms with Crippen molar-refractivity contribution in [3.05, 3.63) is 59.4 Å². The molecular formula is C20H21N3O2. The monoisotopic (exact) mass is 335 g/mol. The van der Waals surface area contributed by atoms with E-state index in [-0.39, 0.29) is 12.5 Å². The summed E-state index contributed by atoms with van der Waals surface area (Å²) in [5.74, 6) is 0.927. The second-order valence-corrected chi connectivity index (χ2v) is 5.97. The molecule has 2 aromatic carbocycles. The summed E-state index contributed by atoms with van der Waals surface area (Å²) in [6.07, 6.45) is 0.704. The highest BCUT2D eigenvalue weighted by Gasteiger charge is 2.11. The van der Waals surface area contributed by atoms with Crippen molar-refractivity contribution in [1.29, 1.82) is 0 Å². The second kappa shape index (κ2) is 7.30. The van der Waals surface area contributed by atoms with Gasteiger partial charge in [0.1, 0.15) is 5.82 Å². The van der Waals surface area contributed by atoms with E-state index < -0.39 is 0 Å². The van der Waals surface area contributed by atoms with Gasteiger partial charge < -0.3 is 10.1 Å². The van der Waals surface area contributed by atoms with Crippen LogP contribution in [0, 0.1) is 13.8 Å². The number of carbonyl (C=O) groups is 1. The van der Waals surface area contributed by atoms with Crippen LogP contribution in [0.25, 0.3) is 10.9 Å². The van der Waals surface area contributed by atoms with Gasteiger partial charge >= 0.3 is 0 Å². The van der Waals surface area contributed by atoms with Gasteiger partial charge in [0, 0.05) is 12.1 Å². The number of aromatic nitrogens is 2. The fraction of sp³-hybridized carbons (Fsp3) is 0.250. The largest absolute Gasteiger partial charge is 0.467 e. The number of para-hydroxylation sites is 1. The number of hydrogen-bond acceptors (Lipinski definition) is 4. The second-order valence-electron chi connectivity index (χ2n) is 5.97. The molecule has 25 heavy (non-hydrogen) atoms. The number of fused-ring (bicyclic) bond motifs is 1. The lowest BCUT2D eigenvalue weighted by molar-refractivity contribution is -0.118. The highest BCUT2D eigenvalue weighted by molar-refractivity contribution is 5.93. The van der Waals surface area contributed by atoms with E-state index in [0.29, 0.717) is 18.1 Å². The molecule has 1 N–H and O–H groups in total. The summed E-state index contributed by atoms with van der Waals surface area (Å²) in [5, 5.41) is 3.70. The van der Waals surface area contributed by atoms with Crippen molar-refractivity contribution in [2.24, 2.45) is 0 Å². The van der Waals surface area contributed by atoms with Crippen LogP contribution in [0.1, 0.15) is 23.9 Å². The van der Waals surface area contributed by atoms with Crippen LogP contribution in [0.3, 0.4) is 0 Å². The Bertz CT molecular complexity index is 922. The van der Waals surface area contributed by atoms with E-state index in [1.807, 2.05) is 63.2 Å². The summed E-state index contributed by atoms with van der Waals surface area (Å²) in [4.78, 5) is 21.2. The van der Waals surface area contributed by atoms with E-state index in [2.05, 4.69) is 15.3 Å². The van der Waals surface area contributed by atoms with Crippen LogP contribution >= 0.6 is 0 Å². The van der Waals surface area contributed by atoms with Crippen LogP contribution in [-0.2, 0) is 11.2 Å². The topological polar surface area (TPSA) is 64.1 Å². The quantitative estimate of drug-likeness (QED) is 0.770. The fourth-order valence-corrected chi connectivity index (χ4v) is 2.55. The van der Waals surface area contributed by atoms with Crippen LogP contribution in [0.2, 0.25) is 0 Å². The molecule has 3 rings (SSSR count). The Kier molecular flexibility index (Phi) is 4.93. The van der Waals surface area contributed by atoms with Gasteiger partial charge in [0.15, 0.2) is 6.61 Å². The van der Waals surface area contributed by atoms with Crippen LogP contribution < -0.4 is 10.1 Å². The van der Waals surface area contributed by atoms with Gasteiger partial charge in [-0.1, -0.05) is 31.2 Å². The molecule has 0 spiro atoms. The molecule has 5 heteroatoms. The molecule has 1 amide bonds. The molecule has 128 valence electrons. The number of hydrogen-bond donors (Lipinski definition) is 1. The zero-order valence-electron chi connectivity index (χ0n) is 14.7. The molecule has 0 fully saturated rings. The number of ether oxygens (including phenoxy) is 1. The molecule has 0 saturated heterocycles. The SMILES string of the molecule is CCc1nc(OCC(=O)Nc2cc(C)ccc2C)c2ccccc2n1. The third-order valence-corrected chi connectivity index (χ3v) is 3.94. The van der Waals surface area contributed by atoms with Crippen molar-refractivity contribution < 1.29 is 9.53 Å². The Labute approximate surface area is 147 Å². The van der Waals surface area contributed by atoms with Crippen molar-refractivity contribution in [3.8, 4) is 5.88 Å². The number of nitrogens with zero attached hydrogens (tertiary/aromatic N) is 2. The maximum absolute atomic E-state index is 12.3. The van der Waals surface area contributed by atoms with Crippen molar-refractivity contribution in [3.63, 3.8) is 0 Å². The number of nitrogens with one attached hydrogen (secondary N) is 1. The average molecular weight is 335 g/mol. The van der Waals surface area contributed by atoms with Gasteiger partial charge in [-0.2, -0.15) is 4.98 Å². The number of anilines is 1. The molecule has 1 heterocycles. The van der Waals surface area contributed by atoms with Crippen molar-refractivity contribution in [2.75, 3.05) is 11.9 Å². The predicted octanol–water partition coefficient (Wildman–Crippen LogP) is 3.83. The molecule has 0 unspecified atom stereocenters. The van der Waals surface area contributed by atoms with E-state index in [9.17, 15) is 4.79 Å². The van der Waals surface area contributed by atoms with Gasteiger partial charge in [0.2, 0.25) is 5.88 Å². The van der Waals surface area contributed by atoms with E-state index in [1.165, 1.54) is 0 Å². The lowest BCUT2D eigenvalue weighted by atomic mass is 10.1. The van der Waals surface area contributed by atoms with Crippen LogP contribution in [0.5, 0.6) is 5.88 Å². The number of aryl methyl sites for hydroxylation is 3. The maximum Gasteiger partial charge on any atom is 0.262 e. The van der Waals surface area contributed by atoms with Crippen molar-refractivity contribution in [1.82, 2.24) is 9.97 Å². The molecule has 0 aliphatic heterocycles. The average Bonchev–Trinajstić information content (AvgIpc) is 2.62. The molecule has 0 saturated carbocycles. The van der Waals surface area contributed by atoms with Crippen LogP contribution in [0.15, 0.2) is 42.5 Å². The Morgan fingerprint density at radius 1 is 1.12 bits per heavy atom. The first-order valence-electron chi connectivity index (χ1n) is 8.32. The van der Waals surface area contributed by atoms with E-state index >= 15 is 0 Å². The van der Waals surface area contributed by atoms with E-state index in [4.69, 9.17) is 4.74 Å². The highest BCUT2D eigenvalue weighted by atomic mass is 16.5. The van der Waals surface area contributed by atoms with Gasteiger partial charge in [-0.15, -0.1) is 0 Å². The van der Waals surface area contributed by atoms with Crippen LogP contribution in [0.4, 0.5) is 5.69 Å². The smallest absolute Gasteiger partial charge is 0.262 e. The first kappa shape index (κ1) is 16.9. The van der Waals surface area contributed by atoms with Gasteiger partial charge in [-0.05, 0) is 43.2 Å². The number of amides is 1. The fourth-order valence-electron chi connectivity index (χ4n) is 2.55. The summed E-state index contributed by atoms with van der Waals surface area (Å²) in [6.45, 7) is 5.84. The molecular weight excluding hydrogens is 314 g/mol. The van der Waals surface area contributed by atoms with Gasteiger partial charge in [0.05, 0.1) is 10.9 Å². The van der Waals surface area contributed by atoms with Crippen molar-refractivity contribution >= 4 is 22.5 Å². The predicted molar refractivity (Wildman–Crippen MR) is 99.0 cm³/mol. The van der Waals surface area contributed by atoms with E-state index in [0.717, 1.165) is 27.7 Å². The molecule has 0 atom stereocenters. The Morgan fingerprint density at radius 2 is 1.92 bits per heavy atom. The molecule has 0 aliphatic carbocycles. The molecule has 0 aliphatic rings. The standard InChI is InChI=1S/C20H21N3O2/c1-4-18-21-16-8-6-5-7-15(16)20(23-18)25-12-19(24)22-17-11-13(2)9-10-14(17)3/h5-11H,4,12H2,1-3H3,(H,22,24). The summed E-state index contributed by atoms with van der Waals surface area (Å²) in [7, 11) is 0. The van der Waals surface area contributed by atoms with Crippen molar-refractivity contribution in [2.45, 2.75) is 27.2 Å². The van der Waals surface area contributed by atoms with Crippen LogP contribution in [-0.4, -0.2) is 22.5 Å². The first-order valence-corrected chi connectivity index (χ1v) is 8.32. The zero-order chi connectivity index (χ0) is 17.8. The van der Waals surface area contributed by atoms with Gasteiger partial charge in [-0.25, -0.2) is 4.98 Å². The van der Waals surface area contributed by atoms with Gasteiger partial charge in [-0.3, -0.25) is 4.79 Å². The lowest BCUT2D eigenvalue weighted by Crippen LogP contribution is -2.21. The maximum atomic E-state index is 12.3. The molecule has 0 bridgehead atoms. The minimum Gasteiger partial charge on any atom is -0.467 e. The third kappa shape index (κ3) is 3.94. The number of carbonyl (C=O) groups excluding carboxylic acids is 1. The Morgan fingerprint density at radius 3 is 2.72 bits per heavy atom. The summed E-state index contributed by atoms with van der Waals surface area (Å²) >= 11 is 0. The van der Waals surface area contributed by atoms with E-state index in [1.54, 1.807) is 0 Å². The first-order chi connectivity index (χ1) is 12.1. The summed E-state index contributed by atoms with van der Waals surface area (Å²) < 4.78 is 5.70. The van der Waals surface area contributed by atoms with Gasteiger partial charge in [0.25, 0.3) is 5.91 Å². The Hall–Kier alpha value is -2.95. The highest BCUT2D eigenvalue weighted by Crippen LogP contribution is 2.22. The lowest BCUT2D eigenvalue weighted by Gasteiger charge is -2.11. The minimum atomic E-state index is -0.213. The third-order valence-electron chi connectivity index (χ3n) is 3.94. The summed E-state index contributed by atoms with van der Waals surface area (Å²) in [5.41, 5.74) is 3.73. The molecule has 1 aromatic heterocycles. The molecule has 0 radical (unpaired) electrons. The molecule has 5 nitrogen and oxygen atoms in total. The normalized spacial score (nSPS) is 10.7. The Balaban J connectivity index is 1.76. The minimum absolute atomic E-state index is 0.0997.